The number of benzene rings is 1. The minimum Gasteiger partial charge on any atom is -0.506 e. The summed E-state index contributed by atoms with van der Waals surface area (Å²) < 4.78 is 5.66. The Bertz CT molecular complexity index is 1200. The summed E-state index contributed by atoms with van der Waals surface area (Å²) in [7, 11) is 1.79. The van der Waals surface area contributed by atoms with Crippen LogP contribution in [0.4, 0.5) is 5.69 Å². The predicted octanol–water partition coefficient (Wildman–Crippen LogP) is 5.47. The first kappa shape index (κ1) is 34.7. The summed E-state index contributed by atoms with van der Waals surface area (Å²) >= 11 is 1.25. The second-order valence-electron chi connectivity index (χ2n) is 11.4. The molecule has 0 spiro atoms. The maximum Gasteiger partial charge on any atom is 0.303 e. The molecule has 0 aliphatic heterocycles. The van der Waals surface area contributed by atoms with Gasteiger partial charge in [0.1, 0.15) is 16.5 Å². The molecule has 0 bridgehead atoms. The number of nitrogens with zero attached hydrogens (tertiary/aromatic N) is 2. The number of carbonyl (C=O) groups excluding carboxylic acids is 4. The van der Waals surface area contributed by atoms with Crippen molar-refractivity contribution in [2.75, 3.05) is 12.4 Å². The molecule has 0 fully saturated rings. The van der Waals surface area contributed by atoms with E-state index in [-0.39, 0.29) is 41.3 Å². The van der Waals surface area contributed by atoms with Gasteiger partial charge in [-0.3, -0.25) is 19.2 Å². The Labute approximate surface area is 253 Å². The molecule has 0 saturated carbocycles. The Morgan fingerprint density at radius 3 is 2.48 bits per heavy atom. The number of aromatic nitrogens is 1. The van der Waals surface area contributed by atoms with Crippen LogP contribution in [0.1, 0.15) is 101 Å². The summed E-state index contributed by atoms with van der Waals surface area (Å²) in [5, 5.41) is 17.7. The van der Waals surface area contributed by atoms with E-state index in [4.69, 9.17) is 4.74 Å². The molecule has 3 unspecified atom stereocenters. The van der Waals surface area contributed by atoms with Crippen LogP contribution in [0, 0.1) is 11.8 Å². The number of carbonyl (C=O) groups is 4. The van der Waals surface area contributed by atoms with Crippen LogP contribution in [0.15, 0.2) is 23.6 Å². The molecule has 42 heavy (non-hydrogen) atoms. The highest BCUT2D eigenvalue weighted by molar-refractivity contribution is 7.09. The number of phenolic OH excluding ortho intramolecular Hbond substituents is 1. The van der Waals surface area contributed by atoms with Crippen molar-refractivity contribution < 1.29 is 29.0 Å². The van der Waals surface area contributed by atoms with E-state index < -0.39 is 12.1 Å². The quantitative estimate of drug-likeness (QED) is 0.124. The average molecular weight is 603 g/mol. The van der Waals surface area contributed by atoms with E-state index in [0.717, 1.165) is 18.4 Å². The number of nitrogens with one attached hydrogen (secondary N) is 2. The van der Waals surface area contributed by atoms with Crippen LogP contribution in [0.5, 0.6) is 5.75 Å². The van der Waals surface area contributed by atoms with E-state index in [1.165, 1.54) is 24.3 Å². The lowest BCUT2D eigenvalue weighted by atomic mass is 9.96. The average Bonchev–Trinajstić information content (AvgIpc) is 3.41. The number of anilines is 1. The lowest BCUT2D eigenvalue weighted by molar-refractivity contribution is -0.148. The van der Waals surface area contributed by atoms with E-state index in [0.29, 0.717) is 48.7 Å². The maximum absolute atomic E-state index is 13.3. The SMILES string of the molecule is CCCCC(=O)N(C)C(CC(OC(C)=O)c1nc(C(=O)NC(Cc2ccc(O)c(NC=O)c2)CC(C)C)cs1)C(C)C. The van der Waals surface area contributed by atoms with Crippen molar-refractivity contribution >= 4 is 41.2 Å². The van der Waals surface area contributed by atoms with E-state index in [1.807, 2.05) is 20.8 Å². The van der Waals surface area contributed by atoms with Gasteiger partial charge in [-0.25, -0.2) is 4.98 Å². The molecule has 3 atom stereocenters. The molecular formula is C31H46N4O6S. The van der Waals surface area contributed by atoms with E-state index >= 15 is 0 Å². The number of amides is 3. The predicted molar refractivity (Wildman–Crippen MR) is 164 cm³/mol. The van der Waals surface area contributed by atoms with Crippen LogP contribution in [-0.2, 0) is 25.5 Å². The lowest BCUT2D eigenvalue weighted by Crippen LogP contribution is -2.41. The molecule has 0 saturated heterocycles. The highest BCUT2D eigenvalue weighted by atomic mass is 32.1. The molecule has 1 aromatic heterocycles. The number of phenols is 1. The molecule has 3 amide bonds. The molecule has 232 valence electrons. The molecule has 0 aliphatic carbocycles. The molecule has 1 heterocycles. The summed E-state index contributed by atoms with van der Waals surface area (Å²) in [6.45, 7) is 11.6. The fraction of sp³-hybridized carbons (Fsp3) is 0.581. The molecule has 3 N–H and O–H groups in total. The van der Waals surface area contributed by atoms with Gasteiger partial charge in [-0.05, 0) is 48.8 Å². The summed E-state index contributed by atoms with van der Waals surface area (Å²) in [4.78, 5) is 55.3. The summed E-state index contributed by atoms with van der Waals surface area (Å²) in [6.07, 6.45) is 3.56. The maximum atomic E-state index is 13.3. The van der Waals surface area contributed by atoms with Gasteiger partial charge < -0.3 is 25.4 Å². The zero-order valence-corrected chi connectivity index (χ0v) is 26.6. The third-order valence-corrected chi connectivity index (χ3v) is 7.98. The number of ether oxygens (including phenoxy) is 1. The highest BCUT2D eigenvalue weighted by Gasteiger charge is 2.30. The van der Waals surface area contributed by atoms with Crippen LogP contribution < -0.4 is 10.6 Å². The Morgan fingerprint density at radius 2 is 1.88 bits per heavy atom. The monoisotopic (exact) mass is 602 g/mol. The third-order valence-electron chi connectivity index (χ3n) is 7.05. The van der Waals surface area contributed by atoms with Crippen LogP contribution >= 0.6 is 11.3 Å². The van der Waals surface area contributed by atoms with Gasteiger partial charge in [0.25, 0.3) is 5.91 Å². The summed E-state index contributed by atoms with van der Waals surface area (Å²) in [5.74, 6) is -0.385. The zero-order chi connectivity index (χ0) is 31.4. The molecule has 10 nitrogen and oxygen atoms in total. The smallest absolute Gasteiger partial charge is 0.303 e. The molecule has 1 aromatic carbocycles. The van der Waals surface area contributed by atoms with Gasteiger partial charge in [-0.2, -0.15) is 0 Å². The first-order chi connectivity index (χ1) is 19.9. The van der Waals surface area contributed by atoms with Crippen LogP contribution in [0.3, 0.4) is 0 Å². The number of hydrogen-bond donors (Lipinski definition) is 3. The highest BCUT2D eigenvalue weighted by Crippen LogP contribution is 2.31. The molecule has 0 radical (unpaired) electrons. The Morgan fingerprint density at radius 1 is 1.17 bits per heavy atom. The molecule has 11 heteroatoms. The molecular weight excluding hydrogens is 556 g/mol. The number of aromatic hydroxyl groups is 1. The molecule has 2 rings (SSSR count). The molecule has 2 aromatic rings. The number of unbranched alkanes of at least 4 members (excludes halogenated alkanes) is 1. The van der Waals surface area contributed by atoms with Crippen molar-refractivity contribution in [1.29, 1.82) is 0 Å². The Balaban J connectivity index is 2.24. The second-order valence-corrected chi connectivity index (χ2v) is 12.3. The fourth-order valence-electron chi connectivity index (χ4n) is 4.92. The molecule has 0 aliphatic rings. The topological polar surface area (TPSA) is 138 Å². The van der Waals surface area contributed by atoms with Crippen molar-refractivity contribution in [3.8, 4) is 5.75 Å². The Kier molecular flexibility index (Phi) is 13.9. The van der Waals surface area contributed by atoms with Crippen LogP contribution in [0.2, 0.25) is 0 Å². The third kappa shape index (κ3) is 10.7. The zero-order valence-electron chi connectivity index (χ0n) is 25.8. The number of hydrogen-bond acceptors (Lipinski definition) is 8. The van der Waals surface area contributed by atoms with Gasteiger partial charge >= 0.3 is 5.97 Å². The minimum absolute atomic E-state index is 0.0381. The van der Waals surface area contributed by atoms with Gasteiger partial charge in [0.2, 0.25) is 12.3 Å². The van der Waals surface area contributed by atoms with Gasteiger partial charge in [0.05, 0.1) is 5.69 Å². The van der Waals surface area contributed by atoms with Gasteiger partial charge in [-0.15, -0.1) is 11.3 Å². The first-order valence-corrected chi connectivity index (χ1v) is 15.4. The second kappa shape index (κ2) is 16.8. The van der Waals surface area contributed by atoms with Gasteiger partial charge in [0, 0.05) is 44.3 Å². The van der Waals surface area contributed by atoms with Crippen LogP contribution in [-0.4, -0.2) is 58.3 Å². The van der Waals surface area contributed by atoms with E-state index in [2.05, 4.69) is 29.5 Å². The Hall–Kier alpha value is -3.47. The van der Waals surface area contributed by atoms with E-state index in [1.54, 1.807) is 29.5 Å². The van der Waals surface area contributed by atoms with Crippen molar-refractivity contribution in [3.63, 3.8) is 0 Å². The number of esters is 1. The fourth-order valence-corrected chi connectivity index (χ4v) is 5.76. The van der Waals surface area contributed by atoms with Gasteiger partial charge in [0.15, 0.2) is 6.10 Å². The summed E-state index contributed by atoms with van der Waals surface area (Å²) in [6, 6.07) is 4.54. The van der Waals surface area contributed by atoms with Gasteiger partial charge in [-0.1, -0.05) is 47.1 Å². The normalized spacial score (nSPS) is 13.4. The van der Waals surface area contributed by atoms with Crippen molar-refractivity contribution in [2.24, 2.45) is 11.8 Å². The number of thiazole rings is 1. The van der Waals surface area contributed by atoms with Crippen molar-refractivity contribution in [2.45, 2.75) is 98.3 Å². The lowest BCUT2D eigenvalue weighted by Gasteiger charge is -2.33. The van der Waals surface area contributed by atoms with E-state index in [9.17, 15) is 24.3 Å². The largest absolute Gasteiger partial charge is 0.506 e. The summed E-state index contributed by atoms with van der Waals surface area (Å²) in [5.41, 5.74) is 1.37. The number of rotatable bonds is 17. The minimum atomic E-state index is -0.699. The van der Waals surface area contributed by atoms with Crippen molar-refractivity contribution in [3.05, 3.63) is 39.8 Å². The first-order valence-electron chi connectivity index (χ1n) is 14.6. The van der Waals surface area contributed by atoms with Crippen LogP contribution in [0.25, 0.3) is 0 Å². The standard InChI is InChI=1S/C31H46N4O6S/c1-8-9-10-29(39)35(7)26(20(4)5)16-28(41-21(6)37)31-34-25(17-42-31)30(40)33-23(13-19(2)3)14-22-11-12-27(38)24(15-22)32-18-36/h11-12,15,17-20,23,26,28,38H,8-10,13-14,16H2,1-7H3,(H,32,36)(H,33,40). The van der Waals surface area contributed by atoms with Crippen molar-refractivity contribution in [1.82, 2.24) is 15.2 Å².